The number of nitrogens with zero attached hydrogens (tertiary/aromatic N) is 3. The van der Waals surface area contributed by atoms with Gasteiger partial charge in [0, 0.05) is 19.6 Å². The molecule has 1 fully saturated rings. The van der Waals surface area contributed by atoms with Gasteiger partial charge in [-0.1, -0.05) is 6.92 Å². The minimum atomic E-state index is 0.0226. The van der Waals surface area contributed by atoms with Gasteiger partial charge < -0.3 is 10.6 Å². The molecule has 0 aliphatic carbocycles. The number of likely N-dealkylation sites (tertiary alicyclic amines) is 1. The van der Waals surface area contributed by atoms with Gasteiger partial charge in [0.25, 0.3) is 5.91 Å². The van der Waals surface area contributed by atoms with E-state index in [-0.39, 0.29) is 5.91 Å². The number of hydrogen-bond donors (Lipinski definition) is 1. The number of anilines is 1. The second kappa shape index (κ2) is 5.00. The van der Waals surface area contributed by atoms with Gasteiger partial charge in [0.1, 0.15) is 5.69 Å². The van der Waals surface area contributed by atoms with Gasteiger partial charge in [-0.15, -0.1) is 0 Å². The molecule has 1 amide bonds. The summed E-state index contributed by atoms with van der Waals surface area (Å²) in [5.41, 5.74) is 7.93. The molecule has 1 aromatic heterocycles. The molecule has 5 nitrogen and oxygen atoms in total. The quantitative estimate of drug-likeness (QED) is 0.866. The first-order chi connectivity index (χ1) is 8.56. The molecule has 100 valence electrons. The van der Waals surface area contributed by atoms with Crippen molar-refractivity contribution in [2.45, 2.75) is 45.6 Å². The van der Waals surface area contributed by atoms with Crippen LogP contribution in [0.1, 0.15) is 49.3 Å². The third kappa shape index (κ3) is 2.09. The Morgan fingerprint density at radius 1 is 1.50 bits per heavy atom. The van der Waals surface area contributed by atoms with E-state index in [1.54, 1.807) is 11.7 Å². The molecule has 0 aromatic carbocycles. The van der Waals surface area contributed by atoms with Crippen LogP contribution in [0.4, 0.5) is 5.69 Å². The van der Waals surface area contributed by atoms with E-state index in [1.165, 1.54) is 6.42 Å². The molecule has 0 spiro atoms. The predicted molar refractivity (Wildman–Crippen MR) is 71.3 cm³/mol. The average Bonchev–Trinajstić information content (AvgIpc) is 2.64. The number of rotatable bonds is 2. The summed E-state index contributed by atoms with van der Waals surface area (Å²) in [4.78, 5) is 14.5. The van der Waals surface area contributed by atoms with Crippen LogP contribution in [-0.4, -0.2) is 33.2 Å². The van der Waals surface area contributed by atoms with Gasteiger partial charge in [-0.25, -0.2) is 0 Å². The van der Waals surface area contributed by atoms with Crippen LogP contribution in [0.25, 0.3) is 0 Å². The lowest BCUT2D eigenvalue weighted by molar-refractivity contribution is 0.0625. The Kier molecular flexibility index (Phi) is 3.59. The number of nitrogen functional groups attached to an aromatic ring is 1. The maximum absolute atomic E-state index is 12.6. The van der Waals surface area contributed by atoms with Crippen LogP contribution in [0.2, 0.25) is 0 Å². The zero-order chi connectivity index (χ0) is 13.3. The molecule has 18 heavy (non-hydrogen) atoms. The Hall–Kier alpha value is -1.52. The summed E-state index contributed by atoms with van der Waals surface area (Å²) in [7, 11) is 1.79. The van der Waals surface area contributed by atoms with Crippen molar-refractivity contribution in [3.63, 3.8) is 0 Å². The highest BCUT2D eigenvalue weighted by molar-refractivity contribution is 5.98. The third-order valence-electron chi connectivity index (χ3n) is 3.76. The van der Waals surface area contributed by atoms with E-state index >= 15 is 0 Å². The first-order valence-electron chi connectivity index (χ1n) is 6.68. The van der Waals surface area contributed by atoms with Crippen molar-refractivity contribution in [2.24, 2.45) is 7.05 Å². The lowest BCUT2D eigenvalue weighted by Crippen LogP contribution is -2.42. The van der Waals surface area contributed by atoms with Crippen LogP contribution in [0.3, 0.4) is 0 Å². The fourth-order valence-corrected chi connectivity index (χ4v) is 2.65. The molecule has 2 rings (SSSR count). The standard InChI is InChI=1S/C13H22N4O/c1-4-10-11(14)12(16(3)15-10)13(18)17-8-6-5-7-9(17)2/h9H,4-8,14H2,1-3H3. The molecule has 1 aliphatic heterocycles. The van der Waals surface area contributed by atoms with Crippen LogP contribution in [0.5, 0.6) is 0 Å². The molecule has 5 heteroatoms. The number of piperidine rings is 1. The van der Waals surface area contributed by atoms with Crippen molar-refractivity contribution in [3.8, 4) is 0 Å². The highest BCUT2D eigenvalue weighted by Gasteiger charge is 2.28. The predicted octanol–water partition coefficient (Wildman–Crippen LogP) is 1.58. The average molecular weight is 250 g/mol. The third-order valence-corrected chi connectivity index (χ3v) is 3.76. The number of carbonyl (C=O) groups is 1. The zero-order valence-corrected chi connectivity index (χ0v) is 11.4. The molecule has 1 aromatic rings. The first-order valence-corrected chi connectivity index (χ1v) is 6.68. The Morgan fingerprint density at radius 3 is 2.78 bits per heavy atom. The fourth-order valence-electron chi connectivity index (χ4n) is 2.65. The van der Waals surface area contributed by atoms with Gasteiger partial charge in [-0.05, 0) is 32.6 Å². The van der Waals surface area contributed by atoms with E-state index in [1.807, 2.05) is 11.8 Å². The second-order valence-corrected chi connectivity index (χ2v) is 5.03. The minimum absolute atomic E-state index is 0.0226. The van der Waals surface area contributed by atoms with Crippen molar-refractivity contribution < 1.29 is 4.79 Å². The summed E-state index contributed by atoms with van der Waals surface area (Å²) in [5, 5.41) is 4.31. The molecule has 1 unspecified atom stereocenters. The minimum Gasteiger partial charge on any atom is -0.395 e. The van der Waals surface area contributed by atoms with Crippen molar-refractivity contribution in [2.75, 3.05) is 12.3 Å². The van der Waals surface area contributed by atoms with E-state index in [0.29, 0.717) is 17.4 Å². The Morgan fingerprint density at radius 2 is 2.22 bits per heavy atom. The fraction of sp³-hybridized carbons (Fsp3) is 0.692. The molecule has 1 aliphatic rings. The van der Waals surface area contributed by atoms with E-state index < -0.39 is 0 Å². The lowest BCUT2D eigenvalue weighted by atomic mass is 10.0. The Labute approximate surface area is 108 Å². The topological polar surface area (TPSA) is 64.2 Å². The van der Waals surface area contributed by atoms with E-state index in [9.17, 15) is 4.79 Å². The molecule has 2 heterocycles. The molecular formula is C13H22N4O. The maximum Gasteiger partial charge on any atom is 0.274 e. The number of aryl methyl sites for hydroxylation is 2. The highest BCUT2D eigenvalue weighted by Crippen LogP contribution is 2.23. The summed E-state index contributed by atoms with van der Waals surface area (Å²) in [6.45, 7) is 4.92. The molecule has 1 atom stereocenters. The first kappa shape index (κ1) is 12.9. The molecule has 2 N–H and O–H groups in total. The van der Waals surface area contributed by atoms with Gasteiger partial charge in [0.15, 0.2) is 0 Å². The molecule has 1 saturated heterocycles. The van der Waals surface area contributed by atoms with Crippen LogP contribution in [0, 0.1) is 0 Å². The number of hydrogen-bond acceptors (Lipinski definition) is 3. The number of carbonyl (C=O) groups excluding carboxylic acids is 1. The highest BCUT2D eigenvalue weighted by atomic mass is 16.2. The van der Waals surface area contributed by atoms with Crippen LogP contribution in [0.15, 0.2) is 0 Å². The van der Waals surface area contributed by atoms with Crippen LogP contribution in [-0.2, 0) is 13.5 Å². The SMILES string of the molecule is CCc1nn(C)c(C(=O)N2CCCCC2C)c1N. The van der Waals surface area contributed by atoms with Crippen LogP contribution >= 0.6 is 0 Å². The smallest absolute Gasteiger partial charge is 0.274 e. The van der Waals surface area contributed by atoms with E-state index in [0.717, 1.165) is 31.5 Å². The Balaban J connectivity index is 2.30. The largest absolute Gasteiger partial charge is 0.395 e. The number of nitrogens with two attached hydrogens (primary N) is 1. The van der Waals surface area contributed by atoms with Crippen molar-refractivity contribution in [1.82, 2.24) is 14.7 Å². The van der Waals surface area contributed by atoms with Gasteiger partial charge in [-0.3, -0.25) is 9.48 Å². The molecule has 0 saturated carbocycles. The molecular weight excluding hydrogens is 228 g/mol. The Bertz CT molecular complexity index is 452. The summed E-state index contributed by atoms with van der Waals surface area (Å²) in [5.74, 6) is 0.0226. The zero-order valence-electron chi connectivity index (χ0n) is 11.4. The van der Waals surface area contributed by atoms with Gasteiger partial charge in [0.2, 0.25) is 0 Å². The van der Waals surface area contributed by atoms with Crippen LogP contribution < -0.4 is 5.73 Å². The van der Waals surface area contributed by atoms with Crippen molar-refractivity contribution >= 4 is 11.6 Å². The lowest BCUT2D eigenvalue weighted by Gasteiger charge is -2.33. The molecule has 0 bridgehead atoms. The summed E-state index contributed by atoms with van der Waals surface area (Å²) in [6.07, 6.45) is 4.10. The van der Waals surface area contributed by atoms with Crippen molar-refractivity contribution in [1.29, 1.82) is 0 Å². The number of amides is 1. The van der Waals surface area contributed by atoms with Crippen molar-refractivity contribution in [3.05, 3.63) is 11.4 Å². The maximum atomic E-state index is 12.6. The number of aromatic nitrogens is 2. The summed E-state index contributed by atoms with van der Waals surface area (Å²) < 4.78 is 1.62. The summed E-state index contributed by atoms with van der Waals surface area (Å²) >= 11 is 0. The monoisotopic (exact) mass is 250 g/mol. The normalized spacial score (nSPS) is 20.2. The van der Waals surface area contributed by atoms with Gasteiger partial charge >= 0.3 is 0 Å². The van der Waals surface area contributed by atoms with Gasteiger partial charge in [0.05, 0.1) is 11.4 Å². The summed E-state index contributed by atoms with van der Waals surface area (Å²) in [6, 6.07) is 0.297. The van der Waals surface area contributed by atoms with E-state index in [4.69, 9.17) is 5.73 Å². The van der Waals surface area contributed by atoms with E-state index in [2.05, 4.69) is 12.0 Å². The molecule has 0 radical (unpaired) electrons. The van der Waals surface area contributed by atoms with Gasteiger partial charge in [-0.2, -0.15) is 5.10 Å². The second-order valence-electron chi connectivity index (χ2n) is 5.03.